The lowest BCUT2D eigenvalue weighted by atomic mass is 10.0. The second-order valence-electron chi connectivity index (χ2n) is 8.67. The number of nitrogens with zero attached hydrogens (tertiary/aromatic N) is 7. The van der Waals surface area contributed by atoms with E-state index in [0.29, 0.717) is 22.5 Å². The Morgan fingerprint density at radius 1 is 1.24 bits per heavy atom. The summed E-state index contributed by atoms with van der Waals surface area (Å²) < 4.78 is 42.1. The van der Waals surface area contributed by atoms with E-state index >= 15 is 0 Å². The van der Waals surface area contributed by atoms with Crippen molar-refractivity contribution in [3.8, 4) is 17.3 Å². The van der Waals surface area contributed by atoms with Crippen molar-refractivity contribution in [1.82, 2.24) is 34.7 Å². The first-order chi connectivity index (χ1) is 17.5. The van der Waals surface area contributed by atoms with E-state index in [-0.39, 0.29) is 17.1 Å². The van der Waals surface area contributed by atoms with Crippen molar-refractivity contribution < 1.29 is 23.1 Å². The number of nitrogens with one attached hydrogen (secondary N) is 2. The molecule has 0 aromatic carbocycles. The molecule has 0 fully saturated rings. The van der Waals surface area contributed by atoms with Gasteiger partial charge in [-0.25, -0.2) is 22.7 Å². The highest BCUT2D eigenvalue weighted by Gasteiger charge is 2.27. The quantitative estimate of drug-likeness (QED) is 0.310. The van der Waals surface area contributed by atoms with Crippen molar-refractivity contribution in [1.29, 1.82) is 5.26 Å². The van der Waals surface area contributed by atoms with Crippen molar-refractivity contribution in [2.75, 3.05) is 11.9 Å². The van der Waals surface area contributed by atoms with Crippen molar-refractivity contribution in [2.45, 2.75) is 38.6 Å². The SMILES string of the molecule is CC(C)(O)C(F)CNC(=O)c1cnc(-c2cnn3cc(C#N)cnc23)cc1Nc1ccn(CC(F)F)n1. The zero-order valence-electron chi connectivity index (χ0n) is 19.7. The summed E-state index contributed by atoms with van der Waals surface area (Å²) in [6.45, 7) is 1.51. The van der Waals surface area contributed by atoms with Crippen LogP contribution in [0.3, 0.4) is 0 Å². The molecule has 37 heavy (non-hydrogen) atoms. The van der Waals surface area contributed by atoms with Crippen LogP contribution in [0, 0.1) is 11.3 Å². The molecule has 192 valence electrons. The fraction of sp³-hybridized carbons (Fsp3) is 0.304. The number of aromatic nitrogens is 6. The summed E-state index contributed by atoms with van der Waals surface area (Å²) >= 11 is 0. The lowest BCUT2D eigenvalue weighted by Crippen LogP contribution is -2.42. The van der Waals surface area contributed by atoms with E-state index in [1.54, 1.807) is 0 Å². The van der Waals surface area contributed by atoms with Gasteiger partial charge in [-0.1, -0.05) is 0 Å². The van der Waals surface area contributed by atoms with Gasteiger partial charge in [-0.3, -0.25) is 14.5 Å². The molecule has 3 N–H and O–H groups in total. The van der Waals surface area contributed by atoms with Crippen LogP contribution in [0.1, 0.15) is 29.8 Å². The van der Waals surface area contributed by atoms with Crippen LogP contribution < -0.4 is 10.6 Å². The van der Waals surface area contributed by atoms with Crippen molar-refractivity contribution in [2.24, 2.45) is 0 Å². The van der Waals surface area contributed by atoms with E-state index in [1.165, 1.54) is 61.5 Å². The Balaban J connectivity index is 1.69. The zero-order chi connectivity index (χ0) is 26.7. The minimum atomic E-state index is -2.60. The summed E-state index contributed by atoms with van der Waals surface area (Å²) in [6, 6.07) is 4.95. The number of hydrogen-bond acceptors (Lipinski definition) is 8. The van der Waals surface area contributed by atoms with Gasteiger partial charge in [-0.05, 0) is 19.9 Å². The van der Waals surface area contributed by atoms with Crippen LogP contribution >= 0.6 is 0 Å². The molecule has 0 saturated carbocycles. The van der Waals surface area contributed by atoms with Crippen molar-refractivity contribution in [3.63, 3.8) is 0 Å². The van der Waals surface area contributed by atoms with Gasteiger partial charge in [0.25, 0.3) is 12.3 Å². The molecule has 4 aromatic rings. The second-order valence-corrected chi connectivity index (χ2v) is 8.67. The molecule has 0 saturated heterocycles. The Labute approximate surface area is 208 Å². The van der Waals surface area contributed by atoms with Crippen LogP contribution in [0.25, 0.3) is 16.9 Å². The molecule has 1 atom stereocenters. The Bertz CT molecular complexity index is 1470. The number of halogens is 3. The normalized spacial score (nSPS) is 12.5. The number of alkyl halides is 3. The predicted molar refractivity (Wildman–Crippen MR) is 126 cm³/mol. The lowest BCUT2D eigenvalue weighted by molar-refractivity contribution is -0.00177. The van der Waals surface area contributed by atoms with Crippen LogP contribution in [0.15, 0.2) is 43.1 Å². The van der Waals surface area contributed by atoms with E-state index in [4.69, 9.17) is 5.26 Å². The van der Waals surface area contributed by atoms with Gasteiger partial charge in [-0.15, -0.1) is 0 Å². The second kappa shape index (κ2) is 10.2. The zero-order valence-corrected chi connectivity index (χ0v) is 19.7. The van der Waals surface area contributed by atoms with Gasteiger partial charge in [-0.2, -0.15) is 15.5 Å². The van der Waals surface area contributed by atoms with E-state index in [9.17, 15) is 23.1 Å². The fourth-order valence-corrected chi connectivity index (χ4v) is 3.34. The molecule has 0 radical (unpaired) electrons. The Morgan fingerprint density at radius 2 is 2.03 bits per heavy atom. The van der Waals surface area contributed by atoms with Gasteiger partial charge in [0, 0.05) is 24.7 Å². The summed E-state index contributed by atoms with van der Waals surface area (Å²) in [5.41, 5.74) is 0.132. The third-order valence-electron chi connectivity index (χ3n) is 5.35. The third-order valence-corrected chi connectivity index (χ3v) is 5.35. The number of hydrogen-bond donors (Lipinski definition) is 3. The molecule has 11 nitrogen and oxygen atoms in total. The molecule has 14 heteroatoms. The number of rotatable bonds is 9. The van der Waals surface area contributed by atoms with Gasteiger partial charge in [0.2, 0.25) is 0 Å². The summed E-state index contributed by atoms with van der Waals surface area (Å²) in [5.74, 6) is -0.500. The Hall–Kier alpha value is -4.51. The summed E-state index contributed by atoms with van der Waals surface area (Å²) in [5, 5.41) is 32.4. The minimum absolute atomic E-state index is 0.0197. The largest absolute Gasteiger partial charge is 0.387 e. The molecule has 1 amide bonds. The molecule has 4 rings (SSSR count). The van der Waals surface area contributed by atoms with Gasteiger partial charge in [0.15, 0.2) is 11.5 Å². The Kier molecular flexibility index (Phi) is 7.07. The number of anilines is 2. The molecule has 4 heterocycles. The monoisotopic (exact) mass is 513 g/mol. The van der Waals surface area contributed by atoms with Crippen LogP contribution in [-0.4, -0.2) is 65.1 Å². The molecular formula is C23H22F3N9O2. The topological polar surface area (TPSA) is 146 Å². The van der Waals surface area contributed by atoms with E-state index in [2.05, 4.69) is 30.8 Å². The van der Waals surface area contributed by atoms with Crippen LogP contribution in [0.4, 0.5) is 24.7 Å². The highest BCUT2D eigenvalue weighted by Crippen LogP contribution is 2.28. The maximum Gasteiger partial charge on any atom is 0.257 e. The van der Waals surface area contributed by atoms with Crippen molar-refractivity contribution in [3.05, 3.63) is 54.2 Å². The number of amides is 1. The van der Waals surface area contributed by atoms with Crippen LogP contribution in [0.5, 0.6) is 0 Å². The number of fused-ring (bicyclic) bond motifs is 1. The molecule has 0 aliphatic heterocycles. The Morgan fingerprint density at radius 3 is 2.73 bits per heavy atom. The molecule has 0 aliphatic carbocycles. The van der Waals surface area contributed by atoms with Gasteiger partial charge in [0.05, 0.1) is 52.6 Å². The van der Waals surface area contributed by atoms with E-state index in [1.807, 2.05) is 6.07 Å². The van der Waals surface area contributed by atoms with Crippen molar-refractivity contribution >= 4 is 23.1 Å². The predicted octanol–water partition coefficient (Wildman–Crippen LogP) is 2.71. The highest BCUT2D eigenvalue weighted by molar-refractivity contribution is 6.00. The molecule has 4 aromatic heterocycles. The molecule has 0 aliphatic rings. The molecular weight excluding hydrogens is 491 g/mol. The number of pyridine rings is 1. The maximum atomic E-state index is 14.2. The first-order valence-electron chi connectivity index (χ1n) is 11.0. The van der Waals surface area contributed by atoms with E-state index in [0.717, 1.165) is 4.68 Å². The fourth-order valence-electron chi connectivity index (χ4n) is 3.34. The number of carbonyl (C=O) groups excluding carboxylic acids is 1. The average Bonchev–Trinajstić information content (AvgIpc) is 3.47. The number of carbonyl (C=O) groups is 1. The molecule has 0 bridgehead atoms. The number of aliphatic hydroxyl groups is 1. The summed E-state index contributed by atoms with van der Waals surface area (Å²) in [6.07, 6.45) is 2.65. The maximum absolute atomic E-state index is 14.2. The van der Waals surface area contributed by atoms with Gasteiger partial charge >= 0.3 is 0 Å². The number of nitriles is 1. The van der Waals surface area contributed by atoms with Crippen LogP contribution in [-0.2, 0) is 6.54 Å². The smallest absolute Gasteiger partial charge is 0.257 e. The molecule has 1 unspecified atom stereocenters. The standard InChI is InChI=1S/C23H22F3N9O2/c1-23(2,37)18(24)10-30-22(36)15-8-28-16(14-9-31-35-11-13(6-27)7-29-21(14)35)5-17(15)32-20-3-4-34(33-20)12-19(25)26/h3-5,7-9,11,18-19,37H,10,12H2,1-2H3,(H,30,36)(H,28,32,33). The van der Waals surface area contributed by atoms with Gasteiger partial charge < -0.3 is 15.7 Å². The first kappa shape index (κ1) is 25.6. The third kappa shape index (κ3) is 5.84. The summed E-state index contributed by atoms with van der Waals surface area (Å²) in [7, 11) is 0. The van der Waals surface area contributed by atoms with E-state index < -0.39 is 37.2 Å². The summed E-state index contributed by atoms with van der Waals surface area (Å²) in [4.78, 5) is 21.5. The molecule has 0 spiro atoms. The highest BCUT2D eigenvalue weighted by atomic mass is 19.3. The van der Waals surface area contributed by atoms with Gasteiger partial charge in [0.1, 0.15) is 18.8 Å². The lowest BCUT2D eigenvalue weighted by Gasteiger charge is -2.22. The average molecular weight is 513 g/mol. The van der Waals surface area contributed by atoms with Crippen LogP contribution in [0.2, 0.25) is 0 Å². The first-order valence-corrected chi connectivity index (χ1v) is 11.0. The minimum Gasteiger partial charge on any atom is -0.387 e.